The molecule has 23 heavy (non-hydrogen) atoms. The van der Waals surface area contributed by atoms with Gasteiger partial charge in [-0.05, 0) is 0 Å². The van der Waals surface area contributed by atoms with Crippen molar-refractivity contribution in [3.8, 4) is 5.82 Å². The van der Waals surface area contributed by atoms with Gasteiger partial charge in [-0.15, -0.1) is 0 Å². The molecule has 1 N–H and O–H groups in total. The Morgan fingerprint density at radius 1 is 1.17 bits per heavy atom. The molecule has 3 rings (SSSR count). The summed E-state index contributed by atoms with van der Waals surface area (Å²) in [5.41, 5.74) is 2.29. The van der Waals surface area contributed by atoms with E-state index in [1.807, 2.05) is 5.71 Å². The van der Waals surface area contributed by atoms with E-state index in [0.29, 0.717) is 10.4 Å². The van der Waals surface area contributed by atoms with Crippen molar-refractivity contribution in [2.45, 2.75) is 11.9 Å². The maximum absolute atomic E-state index is 13.0. The number of aromatic nitrogens is 6. The summed E-state index contributed by atoms with van der Waals surface area (Å²) in [7, 11) is 1.48. The molecule has 0 bridgehead atoms. The normalized spacial score (nSPS) is 12.4. The van der Waals surface area contributed by atoms with Crippen LogP contribution < -0.4 is 9.93 Å². The molecule has 0 amide bonds. The quantitative estimate of drug-likeness (QED) is 0.672. The van der Waals surface area contributed by atoms with Crippen LogP contribution in [0.15, 0.2) is 18.6 Å². The number of nitrogens with zero attached hydrogens (tertiary/aromatic N) is 6. The van der Waals surface area contributed by atoms with Gasteiger partial charge in [0.15, 0.2) is 0 Å². The van der Waals surface area contributed by atoms with Crippen LogP contribution in [0.25, 0.3) is 17.0 Å². The van der Waals surface area contributed by atoms with E-state index in [1.165, 1.54) is 17.9 Å². The number of hydrogen-bond acceptors (Lipinski definition) is 6. The van der Waals surface area contributed by atoms with Crippen LogP contribution in [0.5, 0.6) is 0 Å². The first kappa shape index (κ1) is 15.7. The SMILES string of the molecule is CNc1nc(C(F)(F)F)nc2c1ncn2-c1ccnc([AsH]C)n1. The third kappa shape index (κ3) is 2.86. The van der Waals surface area contributed by atoms with E-state index in [9.17, 15) is 13.2 Å². The fraction of sp³-hybridized carbons (Fsp3) is 0.250. The zero-order valence-corrected chi connectivity index (χ0v) is 14.1. The summed E-state index contributed by atoms with van der Waals surface area (Å²) >= 11 is -0.474. The second-order valence-electron chi connectivity index (χ2n) is 4.42. The number of imidazole rings is 1. The van der Waals surface area contributed by atoms with E-state index in [-0.39, 0.29) is 17.0 Å². The molecule has 0 radical (unpaired) electrons. The van der Waals surface area contributed by atoms with E-state index in [4.69, 9.17) is 0 Å². The molecular formula is C12H11AsF3N7. The van der Waals surface area contributed by atoms with E-state index in [0.717, 1.165) is 0 Å². The van der Waals surface area contributed by atoms with Gasteiger partial charge in [0.2, 0.25) is 0 Å². The molecule has 0 aliphatic rings. The van der Waals surface area contributed by atoms with Crippen LogP contribution in [0.4, 0.5) is 19.0 Å². The Labute approximate surface area is 135 Å². The standard InChI is InChI=1S/C12H11AsF3N7/c1-13-11-18-4-3-6(20-11)23-5-19-7-8(17-2)21-10(12(14,15)16)22-9(7)23/h3-5,13H,1-2H3,(H,17,21,22). The predicted molar refractivity (Wildman–Crippen MR) is 79.4 cm³/mol. The van der Waals surface area contributed by atoms with Crippen molar-refractivity contribution in [3.63, 3.8) is 0 Å². The Morgan fingerprint density at radius 3 is 2.61 bits per heavy atom. The first-order valence-corrected chi connectivity index (χ1v) is 9.60. The van der Waals surface area contributed by atoms with Gasteiger partial charge >= 0.3 is 134 Å². The summed E-state index contributed by atoms with van der Waals surface area (Å²) in [6, 6.07) is 1.60. The summed E-state index contributed by atoms with van der Waals surface area (Å²) < 4.78 is 41.1. The fourth-order valence-corrected chi connectivity index (χ4v) is 2.87. The van der Waals surface area contributed by atoms with Crippen LogP contribution in [0, 0.1) is 0 Å². The molecule has 1 atom stereocenters. The maximum atomic E-state index is 13.0. The Hall–Kier alpha value is -2.22. The molecule has 0 aromatic carbocycles. The van der Waals surface area contributed by atoms with Crippen LogP contribution in [0.3, 0.4) is 0 Å². The first-order chi connectivity index (χ1) is 10.9. The van der Waals surface area contributed by atoms with Crippen molar-refractivity contribution < 1.29 is 13.2 Å². The summed E-state index contributed by atoms with van der Waals surface area (Å²) in [6.07, 6.45) is -1.70. The van der Waals surface area contributed by atoms with Crippen molar-refractivity contribution in [2.75, 3.05) is 12.4 Å². The zero-order valence-electron chi connectivity index (χ0n) is 12.0. The number of alkyl halides is 3. The van der Waals surface area contributed by atoms with Crippen LogP contribution in [-0.4, -0.2) is 52.3 Å². The zero-order chi connectivity index (χ0) is 16.6. The average Bonchev–Trinajstić information content (AvgIpc) is 2.97. The molecule has 0 saturated carbocycles. The first-order valence-electron chi connectivity index (χ1n) is 6.45. The van der Waals surface area contributed by atoms with Crippen molar-refractivity contribution in [1.82, 2.24) is 29.5 Å². The Bertz CT molecular complexity index is 861. The molecule has 0 aliphatic heterocycles. The van der Waals surface area contributed by atoms with E-state index in [1.54, 1.807) is 12.3 Å². The van der Waals surface area contributed by atoms with Crippen LogP contribution >= 0.6 is 0 Å². The molecule has 0 fully saturated rings. The second-order valence-corrected chi connectivity index (χ2v) is 6.41. The Morgan fingerprint density at radius 2 is 1.96 bits per heavy atom. The number of hydrogen-bond donors (Lipinski definition) is 1. The van der Waals surface area contributed by atoms with E-state index >= 15 is 0 Å². The number of nitrogens with one attached hydrogen (secondary N) is 1. The van der Waals surface area contributed by atoms with Crippen molar-refractivity contribution >= 4 is 37.3 Å². The third-order valence-electron chi connectivity index (χ3n) is 3.00. The second kappa shape index (κ2) is 5.77. The van der Waals surface area contributed by atoms with Gasteiger partial charge in [-0.3, -0.25) is 0 Å². The number of anilines is 1. The predicted octanol–water partition coefficient (Wildman–Crippen LogP) is 0.776. The van der Waals surface area contributed by atoms with E-state index in [2.05, 4.69) is 30.2 Å². The number of rotatable bonds is 3. The molecule has 3 aromatic rings. The molecule has 0 spiro atoms. The van der Waals surface area contributed by atoms with Crippen LogP contribution in [-0.2, 0) is 6.18 Å². The van der Waals surface area contributed by atoms with Gasteiger partial charge in [-0.25, -0.2) is 0 Å². The minimum absolute atomic E-state index is 0.0132. The van der Waals surface area contributed by atoms with Gasteiger partial charge in [-0.1, -0.05) is 0 Å². The number of fused-ring (bicyclic) bond motifs is 1. The molecular weight excluding hydrogens is 374 g/mol. The van der Waals surface area contributed by atoms with Gasteiger partial charge in [0, 0.05) is 0 Å². The molecule has 1 unspecified atom stereocenters. The van der Waals surface area contributed by atoms with Gasteiger partial charge in [0.05, 0.1) is 0 Å². The average molecular weight is 385 g/mol. The van der Waals surface area contributed by atoms with Crippen LogP contribution in [0.2, 0.25) is 5.71 Å². The molecule has 120 valence electrons. The van der Waals surface area contributed by atoms with Gasteiger partial charge in [0.1, 0.15) is 0 Å². The summed E-state index contributed by atoms with van der Waals surface area (Å²) in [6.45, 7) is 0. The van der Waals surface area contributed by atoms with Gasteiger partial charge in [-0.2, -0.15) is 0 Å². The van der Waals surface area contributed by atoms with Crippen LogP contribution in [0.1, 0.15) is 5.82 Å². The Balaban J connectivity index is 2.26. The molecule has 7 nitrogen and oxygen atoms in total. The topological polar surface area (TPSA) is 81.4 Å². The number of halogens is 3. The van der Waals surface area contributed by atoms with Crippen molar-refractivity contribution in [3.05, 3.63) is 24.4 Å². The fourth-order valence-electron chi connectivity index (χ4n) is 1.97. The summed E-state index contributed by atoms with van der Waals surface area (Å²) in [4.78, 5) is 19.7. The molecule has 0 saturated heterocycles. The van der Waals surface area contributed by atoms with Gasteiger partial charge in [0.25, 0.3) is 0 Å². The molecule has 0 aliphatic carbocycles. The molecule has 3 heterocycles. The van der Waals surface area contributed by atoms with E-state index < -0.39 is 27.8 Å². The molecule has 11 heteroatoms. The Kier molecular flexibility index (Phi) is 3.93. The summed E-state index contributed by atoms with van der Waals surface area (Å²) in [5, 5.41) is 2.62. The molecule has 3 aromatic heterocycles. The summed E-state index contributed by atoms with van der Waals surface area (Å²) in [5.74, 6) is -0.787. The van der Waals surface area contributed by atoms with Crippen molar-refractivity contribution in [1.29, 1.82) is 0 Å². The van der Waals surface area contributed by atoms with Crippen molar-refractivity contribution in [2.24, 2.45) is 0 Å². The minimum atomic E-state index is -4.65. The monoisotopic (exact) mass is 385 g/mol. The van der Waals surface area contributed by atoms with Gasteiger partial charge < -0.3 is 0 Å². The third-order valence-corrected chi connectivity index (χ3v) is 4.44.